The zero-order valence-electron chi connectivity index (χ0n) is 36.7. The molecule has 0 aromatic heterocycles. The van der Waals surface area contributed by atoms with Gasteiger partial charge in [0.1, 0.15) is 23.0 Å². The quantitative estimate of drug-likeness (QED) is 0.0444. The number of hydrogen-bond acceptors (Lipinski definition) is 6. The van der Waals surface area contributed by atoms with Crippen LogP contribution in [0.5, 0.6) is 23.0 Å². The van der Waals surface area contributed by atoms with Gasteiger partial charge in [0, 0.05) is 21.9 Å². The molecular formula is C56H54O6. The van der Waals surface area contributed by atoms with E-state index in [4.69, 9.17) is 18.9 Å². The van der Waals surface area contributed by atoms with Crippen molar-refractivity contribution >= 4 is 55.0 Å². The minimum atomic E-state index is -0.502. The van der Waals surface area contributed by atoms with Crippen LogP contribution in [0.4, 0.5) is 0 Å². The van der Waals surface area contributed by atoms with Crippen LogP contribution in [-0.2, 0) is 0 Å². The molecule has 0 aliphatic heterocycles. The number of unbranched alkanes of at least 4 members (excludes halogenated alkanes) is 4. The van der Waals surface area contributed by atoms with Crippen LogP contribution in [0.25, 0.3) is 54.2 Å². The van der Waals surface area contributed by atoms with E-state index in [1.54, 1.807) is 24.3 Å². The van der Waals surface area contributed by atoms with Gasteiger partial charge < -0.3 is 18.9 Å². The molecule has 8 aromatic carbocycles. The van der Waals surface area contributed by atoms with Crippen LogP contribution in [0, 0.1) is 27.7 Å². The van der Waals surface area contributed by atoms with Gasteiger partial charge in [0.05, 0.1) is 24.3 Å². The van der Waals surface area contributed by atoms with E-state index in [0.29, 0.717) is 58.5 Å². The Balaban J connectivity index is 1.32. The lowest BCUT2D eigenvalue weighted by Gasteiger charge is -2.25. The molecule has 314 valence electrons. The van der Waals surface area contributed by atoms with Gasteiger partial charge in [-0.2, -0.15) is 0 Å². The van der Waals surface area contributed by atoms with Crippen molar-refractivity contribution in [3.8, 4) is 34.1 Å². The normalized spacial score (nSPS) is 11.4. The number of carbonyl (C=O) groups is 2. The topological polar surface area (TPSA) is 71.1 Å². The lowest BCUT2D eigenvalue weighted by molar-refractivity contribution is 0.0725. The SMILES string of the molecule is CCCCCOc1ccc(C(=O)Oc2c(-c3c(C)c(C)c4c(ccc5ccccc54)c3OC(=O)c3ccc(OCCCCC)cc3)c(C)c(C)c3c2ccc2ccccc23)cc1. The number of hydrogen-bond donors (Lipinski definition) is 0. The summed E-state index contributed by atoms with van der Waals surface area (Å²) < 4.78 is 25.3. The Kier molecular flexibility index (Phi) is 12.6. The van der Waals surface area contributed by atoms with Crippen molar-refractivity contribution in [3.05, 3.63) is 155 Å². The van der Waals surface area contributed by atoms with Crippen molar-refractivity contribution in [2.45, 2.75) is 80.1 Å². The van der Waals surface area contributed by atoms with Gasteiger partial charge in [-0.05, 0) is 156 Å². The standard InChI is InChI=1S/C56H54O6/c1-7-9-15-33-59-43-27-21-41(22-28-43)55(57)61-53-47-31-25-39-17-11-13-19-45(39)49(47)35(3)37(5)51(53)52-38(6)36(4)50-46-20-14-12-18-40(46)26-32-48(50)54(52)62-56(58)42-23-29-44(30-24-42)60-34-16-10-8-2/h11-14,17-32H,7-10,15-16,33-34H2,1-6H3. The monoisotopic (exact) mass is 822 g/mol. The smallest absolute Gasteiger partial charge is 0.343 e. The van der Waals surface area contributed by atoms with Gasteiger partial charge in [-0.15, -0.1) is 0 Å². The summed E-state index contributed by atoms with van der Waals surface area (Å²) in [6.07, 6.45) is 6.36. The molecule has 0 heterocycles. The van der Waals surface area contributed by atoms with E-state index in [1.165, 1.54) is 0 Å². The van der Waals surface area contributed by atoms with Crippen molar-refractivity contribution in [3.63, 3.8) is 0 Å². The Bertz CT molecular complexity index is 2740. The average molecular weight is 823 g/mol. The lowest BCUT2D eigenvalue weighted by atomic mass is 9.83. The van der Waals surface area contributed by atoms with Gasteiger partial charge in [0.25, 0.3) is 0 Å². The fourth-order valence-corrected chi connectivity index (χ4v) is 8.67. The van der Waals surface area contributed by atoms with E-state index in [-0.39, 0.29) is 0 Å². The first kappa shape index (κ1) is 42.0. The number of fused-ring (bicyclic) bond motifs is 6. The second-order valence-corrected chi connectivity index (χ2v) is 16.3. The Morgan fingerprint density at radius 2 is 0.806 bits per heavy atom. The molecule has 0 saturated heterocycles. The molecule has 0 radical (unpaired) electrons. The predicted molar refractivity (Wildman–Crippen MR) is 254 cm³/mol. The molecule has 0 amide bonds. The van der Waals surface area contributed by atoms with Gasteiger partial charge in [-0.25, -0.2) is 9.59 Å². The third-order valence-corrected chi connectivity index (χ3v) is 12.3. The van der Waals surface area contributed by atoms with E-state index < -0.39 is 11.9 Å². The number of ether oxygens (including phenoxy) is 4. The molecule has 0 N–H and O–H groups in total. The number of aryl methyl sites for hydroxylation is 2. The van der Waals surface area contributed by atoms with Crippen LogP contribution < -0.4 is 18.9 Å². The Morgan fingerprint density at radius 3 is 1.19 bits per heavy atom. The second-order valence-electron chi connectivity index (χ2n) is 16.3. The molecule has 8 aromatic rings. The molecular weight excluding hydrogens is 769 g/mol. The van der Waals surface area contributed by atoms with Gasteiger partial charge in [0.2, 0.25) is 0 Å². The Labute approximate surface area is 364 Å². The second kappa shape index (κ2) is 18.5. The molecule has 8 rings (SSSR count). The summed E-state index contributed by atoms with van der Waals surface area (Å²) in [6, 6.07) is 39.0. The Hall–Kier alpha value is -6.66. The summed E-state index contributed by atoms with van der Waals surface area (Å²) >= 11 is 0. The molecule has 0 fully saturated rings. The highest BCUT2D eigenvalue weighted by Gasteiger charge is 2.29. The van der Waals surface area contributed by atoms with Crippen molar-refractivity contribution in [2.24, 2.45) is 0 Å². The maximum Gasteiger partial charge on any atom is 0.343 e. The zero-order chi connectivity index (χ0) is 43.3. The fourth-order valence-electron chi connectivity index (χ4n) is 8.67. The van der Waals surface area contributed by atoms with Crippen LogP contribution in [0.3, 0.4) is 0 Å². The van der Waals surface area contributed by atoms with E-state index in [9.17, 15) is 9.59 Å². The first-order valence-electron chi connectivity index (χ1n) is 22.0. The lowest BCUT2D eigenvalue weighted by Crippen LogP contribution is -2.13. The number of carbonyl (C=O) groups excluding carboxylic acids is 2. The molecule has 6 nitrogen and oxygen atoms in total. The van der Waals surface area contributed by atoms with E-state index in [0.717, 1.165) is 104 Å². The summed E-state index contributed by atoms with van der Waals surface area (Å²) in [5.41, 5.74) is 6.09. The highest BCUT2D eigenvalue weighted by Crippen LogP contribution is 2.52. The van der Waals surface area contributed by atoms with Crippen molar-refractivity contribution in [1.82, 2.24) is 0 Å². The summed E-state index contributed by atoms with van der Waals surface area (Å²) in [5.74, 6) is 1.22. The highest BCUT2D eigenvalue weighted by atomic mass is 16.5. The minimum Gasteiger partial charge on any atom is -0.494 e. The third kappa shape index (κ3) is 8.22. The molecule has 0 aliphatic rings. The molecule has 6 heteroatoms. The zero-order valence-corrected chi connectivity index (χ0v) is 36.7. The number of rotatable bonds is 15. The summed E-state index contributed by atoms with van der Waals surface area (Å²) in [4.78, 5) is 28.9. The minimum absolute atomic E-state index is 0.395. The molecule has 0 spiro atoms. The van der Waals surface area contributed by atoms with Crippen molar-refractivity contribution in [1.29, 1.82) is 0 Å². The predicted octanol–water partition coefficient (Wildman–Crippen LogP) is 14.8. The van der Waals surface area contributed by atoms with E-state index in [2.05, 4.69) is 77.9 Å². The van der Waals surface area contributed by atoms with Gasteiger partial charge in [0.15, 0.2) is 0 Å². The van der Waals surface area contributed by atoms with Gasteiger partial charge in [-0.3, -0.25) is 0 Å². The molecule has 62 heavy (non-hydrogen) atoms. The van der Waals surface area contributed by atoms with Gasteiger partial charge in [-0.1, -0.05) is 100 Å². The van der Waals surface area contributed by atoms with Crippen LogP contribution in [0.2, 0.25) is 0 Å². The Morgan fingerprint density at radius 1 is 0.419 bits per heavy atom. The van der Waals surface area contributed by atoms with Crippen LogP contribution in [0.1, 0.15) is 95.3 Å². The third-order valence-electron chi connectivity index (χ3n) is 12.3. The molecule has 0 saturated carbocycles. The van der Waals surface area contributed by atoms with Crippen LogP contribution in [0.15, 0.2) is 121 Å². The van der Waals surface area contributed by atoms with Gasteiger partial charge >= 0.3 is 11.9 Å². The highest BCUT2D eigenvalue weighted by molar-refractivity contribution is 6.18. The summed E-state index contributed by atoms with van der Waals surface area (Å²) in [6.45, 7) is 13.9. The number of benzene rings is 8. The number of esters is 2. The first-order valence-corrected chi connectivity index (χ1v) is 22.0. The molecule has 0 atom stereocenters. The van der Waals surface area contributed by atoms with E-state index >= 15 is 0 Å². The van der Waals surface area contributed by atoms with Crippen molar-refractivity contribution in [2.75, 3.05) is 13.2 Å². The molecule has 0 aliphatic carbocycles. The summed E-state index contributed by atoms with van der Waals surface area (Å²) in [7, 11) is 0. The first-order chi connectivity index (χ1) is 30.2. The van der Waals surface area contributed by atoms with Crippen molar-refractivity contribution < 1.29 is 28.5 Å². The maximum absolute atomic E-state index is 14.4. The largest absolute Gasteiger partial charge is 0.494 e. The summed E-state index contributed by atoms with van der Waals surface area (Å²) in [5, 5.41) is 7.85. The van der Waals surface area contributed by atoms with Crippen LogP contribution >= 0.6 is 0 Å². The molecule has 0 bridgehead atoms. The molecule has 0 unspecified atom stereocenters. The average Bonchev–Trinajstić information content (AvgIpc) is 3.30. The van der Waals surface area contributed by atoms with E-state index in [1.807, 2.05) is 60.7 Å². The fraction of sp³-hybridized carbons (Fsp3) is 0.250. The maximum atomic E-state index is 14.4. The van der Waals surface area contributed by atoms with Crippen LogP contribution in [-0.4, -0.2) is 25.2 Å².